The number of nitrogens with zero attached hydrogens (tertiary/aromatic N) is 1. The molecule has 5 nitrogen and oxygen atoms in total. The first-order valence-electron chi connectivity index (χ1n) is 7.18. The largest absolute Gasteiger partial charge is 0.378 e. The summed E-state index contributed by atoms with van der Waals surface area (Å²) in [6.07, 6.45) is 2.93. The Labute approximate surface area is 119 Å². The molecule has 0 aliphatic carbocycles. The van der Waals surface area contributed by atoms with Gasteiger partial charge >= 0.3 is 0 Å². The van der Waals surface area contributed by atoms with Gasteiger partial charge in [0.1, 0.15) is 0 Å². The first-order valence-corrected chi connectivity index (χ1v) is 7.18. The molecule has 1 aromatic rings. The number of nitro benzene ring substituents is 1. The second-order valence-electron chi connectivity index (χ2n) is 5.26. The number of likely N-dealkylation sites (N-methyl/N-ethyl adjacent to an activating group) is 1. The van der Waals surface area contributed by atoms with Crippen molar-refractivity contribution in [2.24, 2.45) is 5.92 Å². The lowest BCUT2D eigenvalue weighted by Gasteiger charge is -2.26. The molecular weight excluding hydrogens is 256 g/mol. The molecule has 0 saturated carbocycles. The maximum Gasteiger partial charge on any atom is 0.272 e. The minimum atomic E-state index is -0.301. The molecule has 1 aromatic carbocycles. The van der Waals surface area contributed by atoms with Crippen LogP contribution >= 0.6 is 0 Å². The maximum atomic E-state index is 11.1. The average Bonchev–Trinajstić information content (AvgIpc) is 2.93. The first-order chi connectivity index (χ1) is 9.67. The standard InChI is InChI=1S/C15H22N2O3/c1-3-15-12(8-9-20-15)13(16-2)10-11-6-4-5-7-14(11)17(18)19/h4-7,12-13,15-16H,3,8-10H2,1-2H3. The van der Waals surface area contributed by atoms with Crippen LogP contribution < -0.4 is 5.32 Å². The summed E-state index contributed by atoms with van der Waals surface area (Å²) in [4.78, 5) is 10.8. The van der Waals surface area contributed by atoms with Gasteiger partial charge in [0, 0.05) is 30.2 Å². The van der Waals surface area contributed by atoms with Crippen molar-refractivity contribution in [2.75, 3.05) is 13.7 Å². The highest BCUT2D eigenvalue weighted by atomic mass is 16.6. The lowest BCUT2D eigenvalue weighted by Crippen LogP contribution is -2.39. The number of benzene rings is 1. The van der Waals surface area contributed by atoms with Gasteiger partial charge in [0.15, 0.2) is 0 Å². The SMILES string of the molecule is CCC1OCCC1C(Cc1ccccc1[N+](=O)[O-])NC. The fraction of sp³-hybridized carbons (Fsp3) is 0.600. The van der Waals surface area contributed by atoms with Crippen molar-refractivity contribution in [1.82, 2.24) is 5.32 Å². The number of hydrogen-bond acceptors (Lipinski definition) is 4. The second kappa shape index (κ2) is 6.81. The van der Waals surface area contributed by atoms with Crippen LogP contribution in [0.5, 0.6) is 0 Å². The lowest BCUT2D eigenvalue weighted by molar-refractivity contribution is -0.385. The van der Waals surface area contributed by atoms with Crippen LogP contribution in [0.2, 0.25) is 0 Å². The minimum absolute atomic E-state index is 0.208. The van der Waals surface area contributed by atoms with E-state index in [0.717, 1.165) is 25.0 Å². The number of hydrogen-bond donors (Lipinski definition) is 1. The summed E-state index contributed by atoms with van der Waals surface area (Å²) < 4.78 is 5.74. The summed E-state index contributed by atoms with van der Waals surface area (Å²) in [6, 6.07) is 7.20. The van der Waals surface area contributed by atoms with Crippen molar-refractivity contribution >= 4 is 5.69 Å². The van der Waals surface area contributed by atoms with E-state index in [0.29, 0.717) is 12.3 Å². The van der Waals surface area contributed by atoms with Gasteiger partial charge in [0.05, 0.1) is 11.0 Å². The van der Waals surface area contributed by atoms with Crippen molar-refractivity contribution in [2.45, 2.75) is 38.3 Å². The molecule has 0 radical (unpaired) electrons. The molecule has 3 atom stereocenters. The number of rotatable bonds is 6. The Kier molecular flexibility index (Phi) is 5.09. The van der Waals surface area contributed by atoms with Crippen molar-refractivity contribution < 1.29 is 9.66 Å². The zero-order valence-corrected chi connectivity index (χ0v) is 12.0. The van der Waals surface area contributed by atoms with Gasteiger partial charge in [-0.25, -0.2) is 0 Å². The molecule has 1 fully saturated rings. The van der Waals surface area contributed by atoms with Gasteiger partial charge < -0.3 is 10.1 Å². The maximum absolute atomic E-state index is 11.1. The van der Waals surface area contributed by atoms with Crippen molar-refractivity contribution in [3.8, 4) is 0 Å². The van der Waals surface area contributed by atoms with E-state index in [2.05, 4.69) is 12.2 Å². The van der Waals surface area contributed by atoms with Gasteiger partial charge in [-0.15, -0.1) is 0 Å². The third kappa shape index (κ3) is 3.16. The highest BCUT2D eigenvalue weighted by Crippen LogP contribution is 2.29. The summed E-state index contributed by atoms with van der Waals surface area (Å²) in [5, 5.41) is 14.4. The van der Waals surface area contributed by atoms with Crippen LogP contribution in [0.1, 0.15) is 25.3 Å². The Morgan fingerprint density at radius 1 is 1.50 bits per heavy atom. The Hall–Kier alpha value is -1.46. The van der Waals surface area contributed by atoms with E-state index in [9.17, 15) is 10.1 Å². The lowest BCUT2D eigenvalue weighted by atomic mass is 9.87. The molecule has 1 N–H and O–H groups in total. The van der Waals surface area contributed by atoms with Gasteiger partial charge in [-0.3, -0.25) is 10.1 Å². The van der Waals surface area contributed by atoms with E-state index in [1.54, 1.807) is 12.1 Å². The van der Waals surface area contributed by atoms with Crippen LogP contribution in [0.4, 0.5) is 5.69 Å². The fourth-order valence-corrected chi connectivity index (χ4v) is 3.11. The van der Waals surface area contributed by atoms with E-state index in [-0.39, 0.29) is 22.8 Å². The van der Waals surface area contributed by atoms with Crippen LogP contribution in [0, 0.1) is 16.0 Å². The molecule has 1 aliphatic rings. The molecule has 1 aliphatic heterocycles. The van der Waals surface area contributed by atoms with Crippen LogP contribution in [-0.4, -0.2) is 30.7 Å². The predicted octanol–water partition coefficient (Wildman–Crippen LogP) is 2.54. The molecule has 3 unspecified atom stereocenters. The Bertz CT molecular complexity index is 464. The van der Waals surface area contributed by atoms with E-state index >= 15 is 0 Å². The van der Waals surface area contributed by atoms with Crippen molar-refractivity contribution in [1.29, 1.82) is 0 Å². The van der Waals surface area contributed by atoms with E-state index in [1.807, 2.05) is 19.2 Å². The van der Waals surface area contributed by atoms with Crippen LogP contribution in [0.25, 0.3) is 0 Å². The van der Waals surface area contributed by atoms with Crippen LogP contribution in [0.3, 0.4) is 0 Å². The van der Waals surface area contributed by atoms with Gasteiger partial charge in [-0.2, -0.15) is 0 Å². The van der Waals surface area contributed by atoms with Crippen LogP contribution in [-0.2, 0) is 11.2 Å². The molecule has 1 heterocycles. The van der Waals surface area contributed by atoms with Crippen molar-refractivity contribution in [3.05, 3.63) is 39.9 Å². The summed E-state index contributed by atoms with van der Waals surface area (Å²) in [6.45, 7) is 2.92. The molecule has 20 heavy (non-hydrogen) atoms. The Morgan fingerprint density at radius 2 is 2.25 bits per heavy atom. The number of para-hydroxylation sites is 1. The van der Waals surface area contributed by atoms with E-state index in [4.69, 9.17) is 4.74 Å². The summed E-state index contributed by atoms with van der Waals surface area (Å²) in [5.41, 5.74) is 0.998. The molecular formula is C15H22N2O3. The third-order valence-electron chi connectivity index (χ3n) is 4.18. The minimum Gasteiger partial charge on any atom is -0.378 e. The monoisotopic (exact) mass is 278 g/mol. The quantitative estimate of drug-likeness (QED) is 0.641. The summed E-state index contributed by atoms with van der Waals surface area (Å²) in [5.74, 6) is 0.421. The summed E-state index contributed by atoms with van der Waals surface area (Å²) >= 11 is 0. The molecule has 5 heteroatoms. The molecule has 0 amide bonds. The smallest absolute Gasteiger partial charge is 0.272 e. The van der Waals surface area contributed by atoms with Gasteiger partial charge in [0.2, 0.25) is 0 Å². The topological polar surface area (TPSA) is 64.4 Å². The Balaban J connectivity index is 2.16. The third-order valence-corrected chi connectivity index (χ3v) is 4.18. The van der Waals surface area contributed by atoms with Crippen molar-refractivity contribution in [3.63, 3.8) is 0 Å². The fourth-order valence-electron chi connectivity index (χ4n) is 3.11. The van der Waals surface area contributed by atoms with Crippen LogP contribution in [0.15, 0.2) is 24.3 Å². The molecule has 0 bridgehead atoms. The number of ether oxygens (including phenoxy) is 1. The number of nitro groups is 1. The highest BCUT2D eigenvalue weighted by Gasteiger charge is 2.33. The highest BCUT2D eigenvalue weighted by molar-refractivity contribution is 5.40. The second-order valence-corrected chi connectivity index (χ2v) is 5.26. The normalized spacial score (nSPS) is 23.7. The molecule has 110 valence electrons. The first kappa shape index (κ1) is 14.9. The van der Waals surface area contributed by atoms with E-state index in [1.165, 1.54) is 0 Å². The molecule has 1 saturated heterocycles. The predicted molar refractivity (Wildman–Crippen MR) is 77.8 cm³/mol. The molecule has 0 aromatic heterocycles. The number of nitrogens with one attached hydrogen (secondary N) is 1. The average molecular weight is 278 g/mol. The Morgan fingerprint density at radius 3 is 2.90 bits per heavy atom. The molecule has 2 rings (SSSR count). The van der Waals surface area contributed by atoms with Gasteiger partial charge in [-0.05, 0) is 26.3 Å². The zero-order valence-electron chi connectivity index (χ0n) is 12.0. The van der Waals surface area contributed by atoms with Gasteiger partial charge in [-0.1, -0.05) is 25.1 Å². The molecule has 0 spiro atoms. The zero-order chi connectivity index (χ0) is 14.5. The van der Waals surface area contributed by atoms with E-state index < -0.39 is 0 Å². The summed E-state index contributed by atoms with van der Waals surface area (Å²) in [7, 11) is 1.92. The van der Waals surface area contributed by atoms with Gasteiger partial charge in [0.25, 0.3) is 5.69 Å².